The van der Waals surface area contributed by atoms with Crippen molar-refractivity contribution in [3.05, 3.63) is 59.0 Å². The van der Waals surface area contributed by atoms with Crippen LogP contribution in [0.3, 0.4) is 0 Å². The second-order valence-electron chi connectivity index (χ2n) is 7.60. The van der Waals surface area contributed by atoms with Crippen LogP contribution < -0.4 is 4.74 Å². The van der Waals surface area contributed by atoms with E-state index in [0.29, 0.717) is 17.1 Å². The van der Waals surface area contributed by atoms with Crippen LogP contribution >= 0.6 is 0 Å². The van der Waals surface area contributed by atoms with Crippen LogP contribution in [0.4, 0.5) is 0 Å². The largest absolute Gasteiger partial charge is 0.496 e. The Balaban J connectivity index is 1.90. The van der Waals surface area contributed by atoms with Crippen LogP contribution in [0.5, 0.6) is 5.75 Å². The number of sulfonamides is 1. The van der Waals surface area contributed by atoms with Crippen LogP contribution in [-0.2, 0) is 16.6 Å². The Morgan fingerprint density at radius 3 is 2.47 bits per heavy atom. The van der Waals surface area contributed by atoms with Gasteiger partial charge in [0.25, 0.3) is 0 Å². The highest BCUT2D eigenvalue weighted by Gasteiger charge is 2.27. The highest BCUT2D eigenvalue weighted by atomic mass is 32.2. The summed E-state index contributed by atoms with van der Waals surface area (Å²) < 4.78 is 38.5. The molecule has 0 saturated heterocycles. The van der Waals surface area contributed by atoms with E-state index in [-0.39, 0.29) is 23.2 Å². The summed E-state index contributed by atoms with van der Waals surface area (Å²) in [4.78, 5) is 4.62. The highest BCUT2D eigenvalue weighted by molar-refractivity contribution is 7.89. The van der Waals surface area contributed by atoms with Gasteiger partial charge in [0, 0.05) is 12.6 Å². The van der Waals surface area contributed by atoms with Crippen molar-refractivity contribution < 1.29 is 17.7 Å². The molecule has 0 saturated carbocycles. The lowest BCUT2D eigenvalue weighted by Gasteiger charge is -2.20. The molecule has 160 valence electrons. The van der Waals surface area contributed by atoms with Gasteiger partial charge in [0.15, 0.2) is 0 Å². The molecule has 0 bridgehead atoms. The molecule has 8 heteroatoms. The van der Waals surface area contributed by atoms with Gasteiger partial charge in [0.1, 0.15) is 5.75 Å². The van der Waals surface area contributed by atoms with Crippen molar-refractivity contribution in [3.8, 4) is 17.1 Å². The first kappa shape index (κ1) is 22.0. The molecule has 0 aliphatic heterocycles. The third-order valence-electron chi connectivity index (χ3n) is 5.05. The van der Waals surface area contributed by atoms with Gasteiger partial charge >= 0.3 is 0 Å². The van der Waals surface area contributed by atoms with Gasteiger partial charge in [0.05, 0.1) is 18.6 Å². The van der Waals surface area contributed by atoms with Crippen LogP contribution in [0, 0.1) is 13.8 Å². The summed E-state index contributed by atoms with van der Waals surface area (Å²) in [5, 5.41) is 4.01. The molecule has 0 unspecified atom stereocenters. The van der Waals surface area contributed by atoms with E-state index in [1.165, 1.54) is 11.4 Å². The first-order valence-corrected chi connectivity index (χ1v) is 11.1. The molecule has 0 atom stereocenters. The topological polar surface area (TPSA) is 85.5 Å². The van der Waals surface area contributed by atoms with Gasteiger partial charge in [-0.2, -0.15) is 9.29 Å². The molecule has 0 aliphatic rings. The normalized spacial score (nSPS) is 12.0. The number of aryl methyl sites for hydroxylation is 2. The molecular formula is C22H27N3O4S. The van der Waals surface area contributed by atoms with Gasteiger partial charge in [-0.3, -0.25) is 0 Å². The van der Waals surface area contributed by atoms with E-state index >= 15 is 0 Å². The monoisotopic (exact) mass is 429 g/mol. The van der Waals surface area contributed by atoms with Gasteiger partial charge in [-0.1, -0.05) is 43.3 Å². The van der Waals surface area contributed by atoms with Crippen molar-refractivity contribution in [3.63, 3.8) is 0 Å². The lowest BCUT2D eigenvalue weighted by molar-refractivity contribution is 0.336. The predicted octanol–water partition coefficient (Wildman–Crippen LogP) is 4.31. The fourth-order valence-corrected chi connectivity index (χ4v) is 4.64. The van der Waals surface area contributed by atoms with E-state index in [9.17, 15) is 8.42 Å². The number of aromatic nitrogens is 2. The van der Waals surface area contributed by atoms with E-state index in [0.717, 1.165) is 16.7 Å². The molecule has 0 amide bonds. The molecule has 1 aromatic heterocycles. The third kappa shape index (κ3) is 4.24. The Labute approximate surface area is 177 Å². The second kappa shape index (κ2) is 8.57. The molecule has 0 spiro atoms. The molecule has 7 nitrogen and oxygen atoms in total. The fraction of sp³-hybridized carbons (Fsp3) is 0.364. The Kier molecular flexibility index (Phi) is 6.28. The van der Waals surface area contributed by atoms with E-state index < -0.39 is 10.0 Å². The lowest BCUT2D eigenvalue weighted by Crippen LogP contribution is -2.27. The molecule has 1 heterocycles. The van der Waals surface area contributed by atoms with E-state index in [1.54, 1.807) is 26.2 Å². The van der Waals surface area contributed by atoms with E-state index in [4.69, 9.17) is 9.26 Å². The zero-order valence-electron chi connectivity index (χ0n) is 18.1. The van der Waals surface area contributed by atoms with E-state index in [1.807, 2.05) is 45.0 Å². The number of hydrogen-bond donors (Lipinski definition) is 0. The average Bonchev–Trinajstić information content (AvgIpc) is 3.15. The first-order valence-electron chi connectivity index (χ1n) is 9.68. The smallest absolute Gasteiger partial charge is 0.243 e. The fourth-order valence-electron chi connectivity index (χ4n) is 3.28. The zero-order valence-corrected chi connectivity index (χ0v) is 18.9. The molecule has 3 rings (SSSR count). The van der Waals surface area contributed by atoms with Crippen molar-refractivity contribution in [2.45, 2.75) is 45.1 Å². The summed E-state index contributed by atoms with van der Waals surface area (Å²) in [7, 11) is -0.671. The van der Waals surface area contributed by atoms with Crippen molar-refractivity contribution in [2.75, 3.05) is 14.2 Å². The van der Waals surface area contributed by atoms with Gasteiger partial charge in [-0.15, -0.1) is 0 Å². The number of benzene rings is 2. The van der Waals surface area contributed by atoms with Crippen molar-refractivity contribution in [2.24, 2.45) is 0 Å². The van der Waals surface area contributed by atoms with Crippen molar-refractivity contribution in [1.82, 2.24) is 14.4 Å². The average molecular weight is 430 g/mol. The molecule has 0 aliphatic carbocycles. The standard InChI is InChI=1S/C22H27N3O4S/c1-14(2)18-12-20(16(4)11-19(18)28-6)30(26,27)25(5)13-21-23-22(24-29-21)17-10-8-7-9-15(17)3/h7-12,14H,13H2,1-6H3. The molecular weight excluding hydrogens is 402 g/mol. The summed E-state index contributed by atoms with van der Waals surface area (Å²) in [6, 6.07) is 11.1. The third-order valence-corrected chi connectivity index (χ3v) is 6.99. The minimum atomic E-state index is -3.76. The maximum Gasteiger partial charge on any atom is 0.243 e. The van der Waals surface area contributed by atoms with Crippen molar-refractivity contribution in [1.29, 1.82) is 0 Å². The Bertz CT molecular complexity index is 1150. The Hall–Kier alpha value is -2.71. The van der Waals surface area contributed by atoms with Gasteiger partial charge in [0.2, 0.25) is 21.7 Å². The summed E-state index contributed by atoms with van der Waals surface area (Å²) in [5.41, 5.74) is 3.33. The zero-order chi connectivity index (χ0) is 22.1. The molecule has 0 fully saturated rings. The number of ether oxygens (including phenoxy) is 1. The highest BCUT2D eigenvalue weighted by Crippen LogP contribution is 2.33. The number of methoxy groups -OCH3 is 1. The molecule has 0 N–H and O–H groups in total. The van der Waals surface area contributed by atoms with Crippen LogP contribution in [0.1, 0.15) is 42.3 Å². The SMILES string of the molecule is COc1cc(C)c(S(=O)(=O)N(C)Cc2nc(-c3ccccc3C)no2)cc1C(C)C. The second-order valence-corrected chi connectivity index (χ2v) is 9.62. The Morgan fingerprint density at radius 2 is 1.83 bits per heavy atom. The van der Waals surface area contributed by atoms with Crippen LogP contribution in [0.2, 0.25) is 0 Å². The predicted molar refractivity (Wildman–Crippen MR) is 115 cm³/mol. The van der Waals surface area contributed by atoms with Gasteiger partial charge in [-0.25, -0.2) is 8.42 Å². The van der Waals surface area contributed by atoms with Crippen molar-refractivity contribution >= 4 is 10.0 Å². The number of hydrogen-bond acceptors (Lipinski definition) is 6. The van der Waals surface area contributed by atoms with Gasteiger partial charge in [-0.05, 0) is 48.6 Å². The number of rotatable bonds is 7. The van der Waals surface area contributed by atoms with Crippen LogP contribution in [0.15, 0.2) is 45.8 Å². The van der Waals surface area contributed by atoms with E-state index in [2.05, 4.69) is 10.1 Å². The molecule has 30 heavy (non-hydrogen) atoms. The quantitative estimate of drug-likeness (QED) is 0.556. The van der Waals surface area contributed by atoms with Crippen LogP contribution in [0.25, 0.3) is 11.4 Å². The summed E-state index contributed by atoms with van der Waals surface area (Å²) >= 11 is 0. The number of nitrogens with zero attached hydrogens (tertiary/aromatic N) is 3. The van der Waals surface area contributed by atoms with Gasteiger partial charge < -0.3 is 9.26 Å². The maximum absolute atomic E-state index is 13.3. The first-order chi connectivity index (χ1) is 14.1. The summed E-state index contributed by atoms with van der Waals surface area (Å²) in [6.07, 6.45) is 0. The Morgan fingerprint density at radius 1 is 1.13 bits per heavy atom. The molecule has 2 aromatic carbocycles. The summed E-state index contributed by atoms with van der Waals surface area (Å²) in [6.45, 7) is 7.69. The minimum Gasteiger partial charge on any atom is -0.496 e. The summed E-state index contributed by atoms with van der Waals surface area (Å²) in [5.74, 6) is 1.47. The molecule has 3 aromatic rings. The molecule has 0 radical (unpaired) electrons. The maximum atomic E-state index is 13.3. The van der Waals surface area contributed by atoms with Crippen LogP contribution in [-0.4, -0.2) is 37.0 Å². The lowest BCUT2D eigenvalue weighted by atomic mass is 10.0. The minimum absolute atomic E-state index is 0.0241.